The molecule has 1 rings (SSSR count). The number of carboxylic acids is 1. The maximum absolute atomic E-state index is 11.7. The molecule has 1 aliphatic heterocycles. The second-order valence-electron chi connectivity index (χ2n) is 4.16. The number of hydrogen-bond donors (Lipinski definition) is 2. The van der Waals surface area contributed by atoms with Crippen LogP contribution in [-0.4, -0.2) is 60.1 Å². The van der Waals surface area contributed by atoms with Crippen LogP contribution in [0.5, 0.6) is 0 Å². The van der Waals surface area contributed by atoms with E-state index < -0.39 is 5.97 Å². The zero-order valence-electron chi connectivity index (χ0n) is 10.1. The Morgan fingerprint density at radius 2 is 2.06 bits per heavy atom. The van der Waals surface area contributed by atoms with Gasteiger partial charge in [0.05, 0.1) is 12.5 Å². The number of hydrogen-bond acceptors (Lipinski definition) is 4. The Morgan fingerprint density at radius 3 is 2.59 bits per heavy atom. The molecule has 1 aliphatic rings. The van der Waals surface area contributed by atoms with Crippen molar-refractivity contribution in [1.29, 1.82) is 0 Å². The second kappa shape index (κ2) is 7.55. The lowest BCUT2D eigenvalue weighted by Gasteiger charge is -2.30. The fourth-order valence-electron chi connectivity index (χ4n) is 1.86. The topological polar surface area (TPSA) is 69.6 Å². The number of amides is 1. The summed E-state index contributed by atoms with van der Waals surface area (Å²) in [6.07, 6.45) is 3.18. The number of thioether (sulfide) groups is 1. The van der Waals surface area contributed by atoms with Gasteiger partial charge in [-0.3, -0.25) is 9.59 Å². The van der Waals surface area contributed by atoms with Crippen LogP contribution in [0.1, 0.15) is 12.8 Å². The van der Waals surface area contributed by atoms with Gasteiger partial charge in [0.15, 0.2) is 0 Å². The zero-order valence-corrected chi connectivity index (χ0v) is 11.0. The summed E-state index contributed by atoms with van der Waals surface area (Å²) in [5.41, 5.74) is 0. The number of piperidine rings is 1. The van der Waals surface area contributed by atoms with Crippen molar-refractivity contribution in [2.45, 2.75) is 12.8 Å². The Kier molecular flexibility index (Phi) is 6.36. The quantitative estimate of drug-likeness (QED) is 0.671. The molecule has 0 aliphatic carbocycles. The Bertz CT molecular complexity index is 265. The molecule has 17 heavy (non-hydrogen) atoms. The van der Waals surface area contributed by atoms with Gasteiger partial charge in [-0.1, -0.05) is 0 Å². The average Bonchev–Trinajstić information content (AvgIpc) is 2.34. The Morgan fingerprint density at radius 1 is 1.41 bits per heavy atom. The molecule has 1 amide bonds. The number of nitrogens with zero attached hydrogens (tertiary/aromatic N) is 1. The predicted molar refractivity (Wildman–Crippen MR) is 68.2 cm³/mol. The molecular formula is C11H20N2O3S. The summed E-state index contributed by atoms with van der Waals surface area (Å²) < 4.78 is 0. The van der Waals surface area contributed by atoms with Gasteiger partial charge in [0.1, 0.15) is 0 Å². The summed E-state index contributed by atoms with van der Waals surface area (Å²) in [7, 11) is 0. The molecule has 1 saturated heterocycles. The van der Waals surface area contributed by atoms with Crippen molar-refractivity contribution in [3.63, 3.8) is 0 Å². The van der Waals surface area contributed by atoms with Crippen LogP contribution in [0.4, 0.5) is 0 Å². The van der Waals surface area contributed by atoms with Crippen LogP contribution < -0.4 is 5.32 Å². The van der Waals surface area contributed by atoms with Crippen molar-refractivity contribution in [1.82, 2.24) is 10.2 Å². The largest absolute Gasteiger partial charge is 0.481 e. The van der Waals surface area contributed by atoms with Crippen LogP contribution in [0.3, 0.4) is 0 Å². The second-order valence-corrected chi connectivity index (χ2v) is 5.15. The van der Waals surface area contributed by atoms with E-state index in [0.29, 0.717) is 32.5 Å². The lowest BCUT2D eigenvalue weighted by atomic mass is 9.97. The number of carbonyl (C=O) groups is 2. The van der Waals surface area contributed by atoms with Crippen LogP contribution >= 0.6 is 11.8 Å². The van der Waals surface area contributed by atoms with E-state index in [2.05, 4.69) is 5.32 Å². The van der Waals surface area contributed by atoms with Crippen molar-refractivity contribution < 1.29 is 14.7 Å². The molecule has 1 heterocycles. The number of aliphatic carboxylic acids is 1. The predicted octanol–water partition coefficient (Wildman–Crippen LogP) is 0.262. The Hall–Kier alpha value is -0.750. The van der Waals surface area contributed by atoms with E-state index in [0.717, 1.165) is 12.3 Å². The molecule has 0 saturated carbocycles. The first-order valence-corrected chi connectivity index (χ1v) is 7.24. The summed E-state index contributed by atoms with van der Waals surface area (Å²) in [5, 5.41) is 11.9. The molecule has 98 valence electrons. The number of nitrogens with one attached hydrogen (secondary N) is 1. The van der Waals surface area contributed by atoms with Gasteiger partial charge in [0, 0.05) is 25.4 Å². The third-order valence-electron chi connectivity index (χ3n) is 2.96. The number of carboxylic acid groups (broad SMARTS) is 1. The summed E-state index contributed by atoms with van der Waals surface area (Å²) in [6.45, 7) is 2.33. The molecule has 0 aromatic rings. The van der Waals surface area contributed by atoms with E-state index in [1.807, 2.05) is 6.26 Å². The van der Waals surface area contributed by atoms with Crippen molar-refractivity contribution >= 4 is 23.6 Å². The third kappa shape index (κ3) is 4.95. The van der Waals surface area contributed by atoms with Gasteiger partial charge in [-0.25, -0.2) is 0 Å². The maximum atomic E-state index is 11.7. The molecule has 5 nitrogen and oxygen atoms in total. The summed E-state index contributed by atoms with van der Waals surface area (Å²) in [6, 6.07) is 0. The van der Waals surface area contributed by atoms with Crippen molar-refractivity contribution in [2.75, 3.05) is 38.2 Å². The first-order chi connectivity index (χ1) is 8.15. The molecular weight excluding hydrogens is 240 g/mol. The van der Waals surface area contributed by atoms with E-state index >= 15 is 0 Å². The first kappa shape index (κ1) is 14.3. The minimum absolute atomic E-state index is 0.0786. The van der Waals surface area contributed by atoms with Crippen molar-refractivity contribution in [3.8, 4) is 0 Å². The van der Waals surface area contributed by atoms with E-state index in [1.165, 1.54) is 0 Å². The molecule has 0 unspecified atom stereocenters. The molecule has 0 bridgehead atoms. The highest BCUT2D eigenvalue weighted by atomic mass is 32.2. The van der Waals surface area contributed by atoms with E-state index in [4.69, 9.17) is 5.11 Å². The Balaban J connectivity index is 2.19. The smallest absolute Gasteiger partial charge is 0.306 e. The van der Waals surface area contributed by atoms with Gasteiger partial charge in [0.2, 0.25) is 5.91 Å². The molecule has 0 aromatic carbocycles. The lowest BCUT2D eigenvalue weighted by molar-refractivity contribution is -0.145. The normalized spacial score (nSPS) is 17.1. The minimum atomic E-state index is -0.741. The monoisotopic (exact) mass is 260 g/mol. The summed E-state index contributed by atoms with van der Waals surface area (Å²) >= 11 is 1.74. The van der Waals surface area contributed by atoms with Crippen LogP contribution in [0, 0.1) is 5.92 Å². The highest BCUT2D eigenvalue weighted by Crippen LogP contribution is 2.16. The SMILES string of the molecule is CSCCNCC(=O)N1CCC(C(=O)O)CC1. The number of carbonyl (C=O) groups excluding carboxylic acids is 1. The number of rotatable bonds is 6. The molecule has 2 N–H and O–H groups in total. The molecule has 0 atom stereocenters. The zero-order chi connectivity index (χ0) is 12.7. The van der Waals surface area contributed by atoms with E-state index in [1.54, 1.807) is 16.7 Å². The maximum Gasteiger partial charge on any atom is 0.306 e. The molecule has 1 fully saturated rings. The lowest BCUT2D eigenvalue weighted by Crippen LogP contribution is -2.44. The molecule has 6 heteroatoms. The Labute approximate surface area is 106 Å². The van der Waals surface area contributed by atoms with Gasteiger partial charge in [-0.05, 0) is 19.1 Å². The summed E-state index contributed by atoms with van der Waals surface area (Å²) in [4.78, 5) is 24.3. The first-order valence-electron chi connectivity index (χ1n) is 5.85. The van der Waals surface area contributed by atoms with Crippen LogP contribution in [0.2, 0.25) is 0 Å². The standard InChI is InChI=1S/C11H20N2O3S/c1-17-7-4-12-8-10(14)13-5-2-9(3-6-13)11(15)16/h9,12H,2-8H2,1H3,(H,15,16). The van der Waals surface area contributed by atoms with Gasteiger partial charge in [-0.15, -0.1) is 0 Å². The van der Waals surface area contributed by atoms with Gasteiger partial charge in [-0.2, -0.15) is 11.8 Å². The third-order valence-corrected chi connectivity index (χ3v) is 3.57. The van der Waals surface area contributed by atoms with E-state index in [9.17, 15) is 9.59 Å². The fourth-order valence-corrected chi connectivity index (χ4v) is 2.21. The van der Waals surface area contributed by atoms with Crippen molar-refractivity contribution in [3.05, 3.63) is 0 Å². The van der Waals surface area contributed by atoms with Gasteiger partial charge >= 0.3 is 5.97 Å². The van der Waals surface area contributed by atoms with Crippen molar-refractivity contribution in [2.24, 2.45) is 5.92 Å². The average molecular weight is 260 g/mol. The molecule has 0 spiro atoms. The summed E-state index contributed by atoms with van der Waals surface area (Å²) in [5.74, 6) is 0.0580. The number of likely N-dealkylation sites (tertiary alicyclic amines) is 1. The van der Waals surface area contributed by atoms with Crippen LogP contribution in [-0.2, 0) is 9.59 Å². The van der Waals surface area contributed by atoms with Gasteiger partial charge < -0.3 is 15.3 Å². The highest BCUT2D eigenvalue weighted by Gasteiger charge is 2.26. The molecule has 0 aromatic heterocycles. The van der Waals surface area contributed by atoms with Crippen LogP contribution in [0.15, 0.2) is 0 Å². The highest BCUT2D eigenvalue weighted by molar-refractivity contribution is 7.98. The molecule has 0 radical (unpaired) electrons. The van der Waals surface area contributed by atoms with Crippen LogP contribution in [0.25, 0.3) is 0 Å². The van der Waals surface area contributed by atoms with E-state index in [-0.39, 0.29) is 11.8 Å². The fraction of sp³-hybridized carbons (Fsp3) is 0.818. The van der Waals surface area contributed by atoms with Gasteiger partial charge in [0.25, 0.3) is 0 Å². The minimum Gasteiger partial charge on any atom is -0.481 e.